The van der Waals surface area contributed by atoms with E-state index in [4.69, 9.17) is 4.74 Å². The molecule has 3 aromatic rings. The minimum Gasteiger partial charge on any atom is -0.497 e. The highest BCUT2D eigenvalue weighted by Gasteiger charge is 2.11. The molecule has 1 heterocycles. The number of methoxy groups -OCH3 is 1. The number of nitrogens with one attached hydrogen (secondary N) is 1. The Morgan fingerprint density at radius 1 is 1.09 bits per heavy atom. The molecule has 0 aliphatic carbocycles. The molecule has 0 aliphatic heterocycles. The Morgan fingerprint density at radius 2 is 1.78 bits per heavy atom. The van der Waals surface area contributed by atoms with Crippen molar-refractivity contribution in [2.24, 2.45) is 7.05 Å². The summed E-state index contributed by atoms with van der Waals surface area (Å²) in [5.41, 5.74) is 2.35. The lowest BCUT2D eigenvalue weighted by Crippen LogP contribution is -2.14. The Hall–Kier alpha value is -3.08. The van der Waals surface area contributed by atoms with Crippen LogP contribution < -0.4 is 10.1 Å². The average molecular weight is 307 g/mol. The van der Waals surface area contributed by atoms with Crippen LogP contribution in [0.25, 0.3) is 11.3 Å². The van der Waals surface area contributed by atoms with Crippen molar-refractivity contribution in [3.8, 4) is 17.0 Å². The van der Waals surface area contributed by atoms with Gasteiger partial charge in [0.05, 0.1) is 12.8 Å². The molecular formula is C18H17N3O2. The van der Waals surface area contributed by atoms with Gasteiger partial charge in [0.1, 0.15) is 5.75 Å². The molecule has 0 saturated carbocycles. The number of ether oxygens (including phenoxy) is 1. The van der Waals surface area contributed by atoms with E-state index in [0.29, 0.717) is 11.5 Å². The van der Waals surface area contributed by atoms with E-state index in [-0.39, 0.29) is 5.91 Å². The summed E-state index contributed by atoms with van der Waals surface area (Å²) < 4.78 is 6.95. The summed E-state index contributed by atoms with van der Waals surface area (Å²) in [7, 11) is 3.48. The molecule has 3 rings (SSSR count). The maximum absolute atomic E-state index is 12.2. The molecule has 0 spiro atoms. The summed E-state index contributed by atoms with van der Waals surface area (Å²) in [6.07, 6.45) is 1.88. The van der Waals surface area contributed by atoms with Crippen molar-refractivity contribution in [1.82, 2.24) is 9.55 Å². The molecule has 0 atom stereocenters. The van der Waals surface area contributed by atoms with Crippen LogP contribution in [0.1, 0.15) is 10.4 Å². The third-order valence-corrected chi connectivity index (χ3v) is 3.52. The van der Waals surface area contributed by atoms with Crippen LogP contribution in [0.4, 0.5) is 5.95 Å². The van der Waals surface area contributed by atoms with Crippen molar-refractivity contribution in [2.75, 3.05) is 12.4 Å². The first-order valence-electron chi connectivity index (χ1n) is 7.21. The lowest BCUT2D eigenvalue weighted by Gasteiger charge is -2.04. The van der Waals surface area contributed by atoms with Crippen LogP contribution in [0.2, 0.25) is 0 Å². The number of imidazole rings is 1. The van der Waals surface area contributed by atoms with Crippen molar-refractivity contribution in [3.05, 3.63) is 66.4 Å². The number of aryl methyl sites for hydroxylation is 1. The summed E-state index contributed by atoms with van der Waals surface area (Å²) in [4.78, 5) is 16.7. The van der Waals surface area contributed by atoms with E-state index < -0.39 is 0 Å². The number of nitrogens with zero attached hydrogens (tertiary/aromatic N) is 2. The molecule has 0 bridgehead atoms. The lowest BCUT2D eigenvalue weighted by atomic mass is 10.2. The molecular weight excluding hydrogens is 290 g/mol. The fraction of sp³-hybridized carbons (Fsp3) is 0.111. The average Bonchev–Trinajstić information content (AvgIpc) is 2.96. The largest absolute Gasteiger partial charge is 0.497 e. The molecule has 0 aliphatic rings. The zero-order chi connectivity index (χ0) is 16.2. The number of carbonyl (C=O) groups excluding carboxylic acids is 1. The fourth-order valence-corrected chi connectivity index (χ4v) is 2.25. The number of aromatic nitrogens is 2. The summed E-state index contributed by atoms with van der Waals surface area (Å²) >= 11 is 0. The van der Waals surface area contributed by atoms with E-state index in [2.05, 4.69) is 10.3 Å². The minimum absolute atomic E-state index is 0.180. The van der Waals surface area contributed by atoms with E-state index in [1.165, 1.54) is 0 Å². The predicted molar refractivity (Wildman–Crippen MR) is 89.6 cm³/mol. The molecule has 1 aromatic heterocycles. The van der Waals surface area contributed by atoms with Crippen LogP contribution in [0.5, 0.6) is 5.75 Å². The number of hydrogen-bond acceptors (Lipinski definition) is 3. The smallest absolute Gasteiger partial charge is 0.257 e. The summed E-state index contributed by atoms with van der Waals surface area (Å²) in [6.45, 7) is 0. The highest BCUT2D eigenvalue weighted by Crippen LogP contribution is 2.23. The molecule has 1 amide bonds. The van der Waals surface area contributed by atoms with Gasteiger partial charge < -0.3 is 9.30 Å². The van der Waals surface area contributed by atoms with E-state index in [0.717, 1.165) is 17.0 Å². The Bertz CT molecular complexity index is 808. The third kappa shape index (κ3) is 3.23. The van der Waals surface area contributed by atoms with E-state index >= 15 is 0 Å². The first kappa shape index (κ1) is 14.8. The molecule has 2 aromatic carbocycles. The monoisotopic (exact) mass is 307 g/mol. The van der Waals surface area contributed by atoms with Gasteiger partial charge in [-0.2, -0.15) is 0 Å². The van der Waals surface area contributed by atoms with Crippen molar-refractivity contribution in [3.63, 3.8) is 0 Å². The Labute approximate surface area is 134 Å². The standard InChI is InChI=1S/C18H17N3O2/c1-21-12-16(13-8-10-15(23-2)11-9-13)19-18(21)20-17(22)14-6-4-3-5-7-14/h3-12H,1-2H3,(H,19,20,22). The number of carbonyl (C=O) groups is 1. The molecule has 1 N–H and O–H groups in total. The number of hydrogen-bond donors (Lipinski definition) is 1. The van der Waals surface area contributed by atoms with Crippen molar-refractivity contribution in [1.29, 1.82) is 0 Å². The van der Waals surface area contributed by atoms with Crippen molar-refractivity contribution < 1.29 is 9.53 Å². The molecule has 0 unspecified atom stereocenters. The highest BCUT2D eigenvalue weighted by atomic mass is 16.5. The maximum atomic E-state index is 12.2. The number of anilines is 1. The minimum atomic E-state index is -0.180. The second-order valence-electron chi connectivity index (χ2n) is 5.11. The quantitative estimate of drug-likeness (QED) is 0.804. The van der Waals surface area contributed by atoms with Gasteiger partial charge in [-0.25, -0.2) is 4.98 Å². The van der Waals surface area contributed by atoms with Crippen molar-refractivity contribution in [2.45, 2.75) is 0 Å². The van der Waals surface area contributed by atoms with Gasteiger partial charge in [0, 0.05) is 24.4 Å². The molecule has 116 valence electrons. The Kier molecular flexibility index (Phi) is 4.10. The SMILES string of the molecule is COc1ccc(-c2cn(C)c(NC(=O)c3ccccc3)n2)cc1. The summed E-state index contributed by atoms with van der Waals surface area (Å²) in [5, 5.41) is 2.83. The van der Waals surface area contributed by atoms with Crippen LogP contribution in [-0.4, -0.2) is 22.6 Å². The summed E-state index contributed by atoms with van der Waals surface area (Å²) in [5.74, 6) is 1.12. The van der Waals surface area contributed by atoms with Gasteiger partial charge in [-0.3, -0.25) is 10.1 Å². The third-order valence-electron chi connectivity index (χ3n) is 3.52. The van der Waals surface area contributed by atoms with Crippen molar-refractivity contribution >= 4 is 11.9 Å². The molecule has 5 nitrogen and oxygen atoms in total. The first-order chi connectivity index (χ1) is 11.2. The highest BCUT2D eigenvalue weighted by molar-refractivity contribution is 6.03. The maximum Gasteiger partial charge on any atom is 0.257 e. The molecule has 0 saturated heterocycles. The van der Waals surface area contributed by atoms with Crippen LogP contribution in [0.3, 0.4) is 0 Å². The van der Waals surface area contributed by atoms with E-state index in [9.17, 15) is 4.79 Å². The zero-order valence-corrected chi connectivity index (χ0v) is 13.0. The normalized spacial score (nSPS) is 10.3. The van der Waals surface area contributed by atoms with Gasteiger partial charge in [0.15, 0.2) is 0 Å². The van der Waals surface area contributed by atoms with E-state index in [1.54, 1.807) is 23.8 Å². The van der Waals surface area contributed by atoms with Crippen LogP contribution in [-0.2, 0) is 7.05 Å². The van der Waals surface area contributed by atoms with Crippen LogP contribution in [0.15, 0.2) is 60.8 Å². The molecule has 0 radical (unpaired) electrons. The number of benzene rings is 2. The molecule has 5 heteroatoms. The van der Waals surface area contributed by atoms with Crippen LogP contribution in [0, 0.1) is 0 Å². The topological polar surface area (TPSA) is 56.1 Å². The van der Waals surface area contributed by atoms with Gasteiger partial charge in [-0.15, -0.1) is 0 Å². The fourth-order valence-electron chi connectivity index (χ4n) is 2.25. The second kappa shape index (κ2) is 6.36. The molecule has 0 fully saturated rings. The van der Waals surface area contributed by atoms with Gasteiger partial charge in [0.2, 0.25) is 5.95 Å². The number of rotatable bonds is 4. The number of amides is 1. The first-order valence-corrected chi connectivity index (χ1v) is 7.21. The predicted octanol–water partition coefficient (Wildman–Crippen LogP) is 3.35. The second-order valence-corrected chi connectivity index (χ2v) is 5.11. The van der Waals surface area contributed by atoms with Gasteiger partial charge in [-0.05, 0) is 36.4 Å². The lowest BCUT2D eigenvalue weighted by molar-refractivity contribution is 0.102. The van der Waals surface area contributed by atoms with Gasteiger partial charge >= 0.3 is 0 Å². The van der Waals surface area contributed by atoms with E-state index in [1.807, 2.05) is 55.7 Å². The summed E-state index contributed by atoms with van der Waals surface area (Å²) in [6, 6.07) is 16.7. The van der Waals surface area contributed by atoms with Gasteiger partial charge in [-0.1, -0.05) is 18.2 Å². The molecule has 23 heavy (non-hydrogen) atoms. The Balaban J connectivity index is 1.82. The zero-order valence-electron chi connectivity index (χ0n) is 13.0. The van der Waals surface area contributed by atoms with Gasteiger partial charge in [0.25, 0.3) is 5.91 Å². The van der Waals surface area contributed by atoms with Crippen LogP contribution >= 0.6 is 0 Å². The Morgan fingerprint density at radius 3 is 2.43 bits per heavy atom.